The van der Waals surface area contributed by atoms with E-state index in [1.165, 1.54) is 0 Å². The van der Waals surface area contributed by atoms with Gasteiger partial charge in [-0.15, -0.1) is 0 Å². The Hall–Kier alpha value is -2.62. The lowest BCUT2D eigenvalue weighted by molar-refractivity contribution is -0.123. The molecule has 0 fully saturated rings. The van der Waals surface area contributed by atoms with Crippen LogP contribution < -0.4 is 5.32 Å². The maximum Gasteiger partial charge on any atom is 0.338 e. The molecule has 0 bridgehead atoms. The summed E-state index contributed by atoms with van der Waals surface area (Å²) < 4.78 is 5.25. The molecule has 126 valence electrons. The first kappa shape index (κ1) is 17.7. The van der Waals surface area contributed by atoms with Crippen molar-refractivity contribution in [3.63, 3.8) is 0 Å². The van der Waals surface area contributed by atoms with Crippen molar-refractivity contribution in [1.29, 1.82) is 0 Å². The van der Waals surface area contributed by atoms with Crippen LogP contribution >= 0.6 is 0 Å². The molecule has 0 aliphatic carbocycles. The second kappa shape index (κ2) is 7.77. The number of ether oxygens (including phenoxy) is 1. The van der Waals surface area contributed by atoms with E-state index in [0.29, 0.717) is 17.2 Å². The quantitative estimate of drug-likeness (QED) is 0.834. The fraction of sp³-hybridized carbons (Fsp3) is 0.300. The predicted octanol–water partition coefficient (Wildman–Crippen LogP) is 4.30. The lowest BCUT2D eigenvalue weighted by atomic mass is 10.0. The molecule has 2 rings (SSSR count). The molecule has 0 unspecified atom stereocenters. The van der Waals surface area contributed by atoms with E-state index in [-0.39, 0.29) is 5.91 Å². The van der Waals surface area contributed by atoms with Crippen LogP contribution in [-0.4, -0.2) is 18.0 Å². The summed E-state index contributed by atoms with van der Waals surface area (Å²) in [4.78, 5) is 24.3. The van der Waals surface area contributed by atoms with Crippen molar-refractivity contribution in [1.82, 2.24) is 0 Å². The number of carbonyl (C=O) groups is 2. The van der Waals surface area contributed by atoms with Crippen molar-refractivity contribution in [2.75, 3.05) is 5.32 Å². The number of benzene rings is 2. The molecule has 0 heterocycles. The number of anilines is 1. The van der Waals surface area contributed by atoms with Gasteiger partial charge in [-0.2, -0.15) is 0 Å². The Morgan fingerprint density at radius 3 is 2.25 bits per heavy atom. The predicted molar refractivity (Wildman–Crippen MR) is 95.2 cm³/mol. The highest BCUT2D eigenvalue weighted by Crippen LogP contribution is 2.16. The van der Waals surface area contributed by atoms with Crippen LogP contribution in [-0.2, 0) is 9.53 Å². The van der Waals surface area contributed by atoms with Crippen LogP contribution in [0.25, 0.3) is 0 Å². The molecule has 1 N–H and O–H groups in total. The van der Waals surface area contributed by atoms with Gasteiger partial charge in [0.15, 0.2) is 6.10 Å². The highest BCUT2D eigenvalue weighted by Gasteiger charge is 2.19. The van der Waals surface area contributed by atoms with Gasteiger partial charge in [-0.1, -0.05) is 38.1 Å². The summed E-state index contributed by atoms with van der Waals surface area (Å²) in [5.41, 5.74) is 3.32. The van der Waals surface area contributed by atoms with Crippen LogP contribution in [0.2, 0.25) is 0 Å². The summed E-state index contributed by atoms with van der Waals surface area (Å²) in [5.74, 6) is -0.459. The van der Waals surface area contributed by atoms with E-state index >= 15 is 0 Å². The van der Waals surface area contributed by atoms with E-state index in [2.05, 4.69) is 19.2 Å². The van der Waals surface area contributed by atoms with Gasteiger partial charge in [0.25, 0.3) is 5.91 Å². The maximum absolute atomic E-state index is 12.1. The molecule has 2 aromatic carbocycles. The smallest absolute Gasteiger partial charge is 0.338 e. The third-order valence-corrected chi connectivity index (χ3v) is 3.75. The topological polar surface area (TPSA) is 55.4 Å². The second-order valence-corrected chi connectivity index (χ2v) is 6.18. The van der Waals surface area contributed by atoms with Crippen molar-refractivity contribution in [3.8, 4) is 0 Å². The Kier molecular flexibility index (Phi) is 5.74. The molecule has 0 radical (unpaired) electrons. The summed E-state index contributed by atoms with van der Waals surface area (Å²) in [7, 11) is 0. The van der Waals surface area contributed by atoms with Crippen LogP contribution in [0.15, 0.2) is 48.5 Å². The van der Waals surface area contributed by atoms with Gasteiger partial charge in [0, 0.05) is 5.69 Å². The molecule has 1 atom stereocenters. The number of aryl methyl sites for hydroxylation is 1. The van der Waals surface area contributed by atoms with Gasteiger partial charge in [0.1, 0.15) is 0 Å². The molecule has 0 aromatic heterocycles. The largest absolute Gasteiger partial charge is 0.449 e. The van der Waals surface area contributed by atoms with E-state index in [4.69, 9.17) is 4.74 Å². The van der Waals surface area contributed by atoms with Crippen LogP contribution in [0.4, 0.5) is 5.69 Å². The van der Waals surface area contributed by atoms with Gasteiger partial charge < -0.3 is 10.1 Å². The second-order valence-electron chi connectivity index (χ2n) is 6.18. The minimum absolute atomic E-state index is 0.354. The van der Waals surface area contributed by atoms with Gasteiger partial charge in [-0.3, -0.25) is 4.79 Å². The fourth-order valence-corrected chi connectivity index (χ4v) is 2.25. The Labute approximate surface area is 142 Å². The Morgan fingerprint density at radius 2 is 1.67 bits per heavy atom. The number of carbonyl (C=O) groups excluding carboxylic acids is 2. The number of amides is 1. The van der Waals surface area contributed by atoms with Crippen LogP contribution in [0.3, 0.4) is 0 Å². The molecule has 1 amide bonds. The third-order valence-electron chi connectivity index (χ3n) is 3.75. The lowest BCUT2D eigenvalue weighted by Crippen LogP contribution is -2.30. The van der Waals surface area contributed by atoms with E-state index < -0.39 is 12.1 Å². The zero-order valence-electron chi connectivity index (χ0n) is 14.5. The number of hydrogen-bond donors (Lipinski definition) is 1. The average Bonchev–Trinajstić information content (AvgIpc) is 2.54. The molecule has 24 heavy (non-hydrogen) atoms. The summed E-state index contributed by atoms with van der Waals surface area (Å²) in [6, 6.07) is 14.7. The van der Waals surface area contributed by atoms with Crippen LogP contribution in [0, 0.1) is 6.92 Å². The minimum Gasteiger partial charge on any atom is -0.449 e. The third kappa shape index (κ3) is 4.69. The Balaban J connectivity index is 1.96. The zero-order chi connectivity index (χ0) is 17.7. The average molecular weight is 325 g/mol. The van der Waals surface area contributed by atoms with Crippen LogP contribution in [0.1, 0.15) is 48.2 Å². The molecule has 0 saturated carbocycles. The highest BCUT2D eigenvalue weighted by atomic mass is 16.5. The molecule has 2 aromatic rings. The standard InChI is InChI=1S/C20H23NO3/c1-13(2)16-8-10-17(11-9-16)20(23)24-15(4)19(22)21-18-7-5-6-14(3)12-18/h5-13,15H,1-4H3,(H,21,22)/t15-/m1/s1. The summed E-state index contributed by atoms with van der Waals surface area (Å²) in [6.07, 6.45) is -0.872. The Morgan fingerprint density at radius 1 is 1.00 bits per heavy atom. The molecule has 0 saturated heterocycles. The number of hydrogen-bond acceptors (Lipinski definition) is 3. The van der Waals surface area contributed by atoms with E-state index in [1.807, 2.05) is 37.3 Å². The van der Waals surface area contributed by atoms with Gasteiger partial charge in [0.05, 0.1) is 5.56 Å². The van der Waals surface area contributed by atoms with Gasteiger partial charge >= 0.3 is 5.97 Å². The summed E-state index contributed by atoms with van der Waals surface area (Å²) >= 11 is 0. The van der Waals surface area contributed by atoms with Gasteiger partial charge in [-0.25, -0.2) is 4.79 Å². The lowest BCUT2D eigenvalue weighted by Gasteiger charge is -2.14. The van der Waals surface area contributed by atoms with Crippen molar-refractivity contribution >= 4 is 17.6 Å². The maximum atomic E-state index is 12.1. The van der Waals surface area contributed by atoms with Crippen molar-refractivity contribution in [3.05, 3.63) is 65.2 Å². The van der Waals surface area contributed by atoms with Crippen molar-refractivity contribution in [2.24, 2.45) is 0 Å². The molecular weight excluding hydrogens is 302 g/mol. The normalized spacial score (nSPS) is 11.9. The number of esters is 1. The minimum atomic E-state index is -0.872. The molecule has 4 heteroatoms. The Bertz CT molecular complexity index is 720. The SMILES string of the molecule is Cc1cccc(NC(=O)[C@@H](C)OC(=O)c2ccc(C(C)C)cc2)c1. The van der Waals surface area contributed by atoms with E-state index in [0.717, 1.165) is 11.1 Å². The molecular formula is C20H23NO3. The summed E-state index contributed by atoms with van der Waals surface area (Å²) in [6.45, 7) is 7.68. The highest BCUT2D eigenvalue weighted by molar-refractivity contribution is 5.97. The van der Waals surface area contributed by atoms with Crippen molar-refractivity contribution < 1.29 is 14.3 Å². The van der Waals surface area contributed by atoms with Crippen LogP contribution in [0.5, 0.6) is 0 Å². The first-order valence-electron chi connectivity index (χ1n) is 8.05. The van der Waals surface area contributed by atoms with E-state index in [9.17, 15) is 9.59 Å². The van der Waals surface area contributed by atoms with Gasteiger partial charge in [-0.05, 0) is 55.2 Å². The zero-order valence-corrected chi connectivity index (χ0v) is 14.5. The first-order valence-corrected chi connectivity index (χ1v) is 8.05. The fourth-order valence-electron chi connectivity index (χ4n) is 2.25. The molecule has 4 nitrogen and oxygen atoms in total. The number of rotatable bonds is 5. The molecule has 0 aliphatic rings. The molecule has 0 spiro atoms. The van der Waals surface area contributed by atoms with Crippen molar-refractivity contribution in [2.45, 2.75) is 39.7 Å². The monoisotopic (exact) mass is 325 g/mol. The first-order chi connectivity index (χ1) is 11.4. The number of nitrogens with one attached hydrogen (secondary N) is 1. The van der Waals surface area contributed by atoms with E-state index in [1.54, 1.807) is 25.1 Å². The summed E-state index contributed by atoms with van der Waals surface area (Å²) in [5, 5.41) is 2.75. The molecule has 0 aliphatic heterocycles. The van der Waals surface area contributed by atoms with Gasteiger partial charge in [0.2, 0.25) is 0 Å².